The molecule has 0 aliphatic heterocycles. The number of aliphatic imine (C=N–C) groups is 1. The number of pyridine rings is 1. The molecule has 0 aliphatic carbocycles. The fourth-order valence-electron chi connectivity index (χ4n) is 2.34. The van der Waals surface area contributed by atoms with E-state index in [4.69, 9.17) is 0 Å². The van der Waals surface area contributed by atoms with E-state index in [1.165, 1.54) is 11.1 Å². The highest BCUT2D eigenvalue weighted by Gasteiger charge is 2.07. The topological polar surface area (TPSA) is 49.3 Å². The second kappa shape index (κ2) is 8.93. The molecule has 0 spiro atoms. The van der Waals surface area contributed by atoms with Crippen LogP contribution in [0.3, 0.4) is 0 Å². The molecule has 1 atom stereocenters. The number of rotatable bonds is 6. The lowest BCUT2D eigenvalue weighted by molar-refractivity contribution is 0.698. The van der Waals surface area contributed by atoms with Gasteiger partial charge in [0.25, 0.3) is 0 Å². The van der Waals surface area contributed by atoms with Crippen molar-refractivity contribution in [3.63, 3.8) is 0 Å². The molecule has 0 fully saturated rings. The van der Waals surface area contributed by atoms with Crippen LogP contribution in [0.5, 0.6) is 0 Å². The summed E-state index contributed by atoms with van der Waals surface area (Å²) in [4.78, 5) is 8.90. The van der Waals surface area contributed by atoms with E-state index in [0.717, 1.165) is 24.7 Å². The fourth-order valence-corrected chi connectivity index (χ4v) is 2.34. The SMILES string of the molecule is CCNC(=NCc1ccccn1)NCC(C)c1cccc(C)c1. The molecule has 0 bridgehead atoms. The zero-order valence-electron chi connectivity index (χ0n) is 14.2. The zero-order valence-corrected chi connectivity index (χ0v) is 14.2. The van der Waals surface area contributed by atoms with E-state index >= 15 is 0 Å². The maximum absolute atomic E-state index is 4.60. The molecule has 1 heterocycles. The number of guanidine groups is 1. The van der Waals surface area contributed by atoms with Gasteiger partial charge in [0.2, 0.25) is 0 Å². The summed E-state index contributed by atoms with van der Waals surface area (Å²) in [5.74, 6) is 1.26. The second-order valence-electron chi connectivity index (χ2n) is 5.71. The number of hydrogen-bond acceptors (Lipinski definition) is 2. The highest BCUT2D eigenvalue weighted by atomic mass is 15.2. The third kappa shape index (κ3) is 5.74. The Balaban J connectivity index is 1.93. The quantitative estimate of drug-likeness (QED) is 0.636. The molecule has 122 valence electrons. The van der Waals surface area contributed by atoms with Crippen LogP contribution in [0.25, 0.3) is 0 Å². The van der Waals surface area contributed by atoms with Crippen molar-refractivity contribution >= 4 is 5.96 Å². The van der Waals surface area contributed by atoms with Crippen molar-refractivity contribution in [3.05, 3.63) is 65.5 Å². The first-order valence-electron chi connectivity index (χ1n) is 8.17. The molecule has 1 unspecified atom stereocenters. The Kier molecular flexibility index (Phi) is 6.60. The van der Waals surface area contributed by atoms with Crippen LogP contribution in [-0.2, 0) is 6.54 Å². The van der Waals surface area contributed by atoms with Gasteiger partial charge in [-0.2, -0.15) is 0 Å². The number of aryl methyl sites for hydroxylation is 1. The van der Waals surface area contributed by atoms with Crippen molar-refractivity contribution in [2.45, 2.75) is 33.2 Å². The lowest BCUT2D eigenvalue weighted by Crippen LogP contribution is -2.39. The van der Waals surface area contributed by atoms with Crippen LogP contribution in [0.1, 0.15) is 36.6 Å². The normalized spacial score (nSPS) is 12.7. The molecule has 2 N–H and O–H groups in total. The molecule has 23 heavy (non-hydrogen) atoms. The number of aromatic nitrogens is 1. The molecule has 1 aromatic carbocycles. The van der Waals surface area contributed by atoms with Crippen LogP contribution < -0.4 is 10.6 Å². The molecule has 4 heteroatoms. The predicted molar refractivity (Wildman–Crippen MR) is 96.6 cm³/mol. The standard InChI is InChI=1S/C19H26N4/c1-4-20-19(23-14-18-10-5-6-11-21-18)22-13-16(3)17-9-7-8-15(2)12-17/h5-12,16H,4,13-14H2,1-3H3,(H2,20,22,23). The van der Waals surface area contributed by atoms with Crippen LogP contribution in [0, 0.1) is 6.92 Å². The van der Waals surface area contributed by atoms with Gasteiger partial charge in [-0.15, -0.1) is 0 Å². The molecular formula is C19H26N4. The van der Waals surface area contributed by atoms with Gasteiger partial charge in [0.15, 0.2) is 5.96 Å². The summed E-state index contributed by atoms with van der Waals surface area (Å²) in [6.45, 7) is 8.69. The largest absolute Gasteiger partial charge is 0.357 e. The third-order valence-corrected chi connectivity index (χ3v) is 3.66. The minimum Gasteiger partial charge on any atom is -0.357 e. The van der Waals surface area contributed by atoms with Crippen LogP contribution >= 0.6 is 0 Å². The van der Waals surface area contributed by atoms with Crippen LogP contribution in [0.4, 0.5) is 0 Å². The Morgan fingerprint density at radius 3 is 2.74 bits per heavy atom. The Bertz CT molecular complexity index is 622. The highest BCUT2D eigenvalue weighted by Crippen LogP contribution is 2.15. The van der Waals surface area contributed by atoms with Gasteiger partial charge in [-0.05, 0) is 37.5 Å². The number of nitrogens with one attached hydrogen (secondary N) is 2. The molecule has 0 saturated heterocycles. The summed E-state index contributed by atoms with van der Waals surface area (Å²) in [6, 6.07) is 14.5. The maximum atomic E-state index is 4.60. The minimum atomic E-state index is 0.425. The molecule has 1 aromatic heterocycles. The van der Waals surface area contributed by atoms with Crippen molar-refractivity contribution in [1.82, 2.24) is 15.6 Å². The van der Waals surface area contributed by atoms with Crippen LogP contribution in [-0.4, -0.2) is 24.0 Å². The van der Waals surface area contributed by atoms with Gasteiger partial charge in [-0.1, -0.05) is 42.8 Å². The van der Waals surface area contributed by atoms with E-state index in [2.05, 4.69) is 65.6 Å². The van der Waals surface area contributed by atoms with Crippen molar-refractivity contribution < 1.29 is 0 Å². The highest BCUT2D eigenvalue weighted by molar-refractivity contribution is 5.79. The van der Waals surface area contributed by atoms with E-state index in [-0.39, 0.29) is 0 Å². The fraction of sp³-hybridized carbons (Fsp3) is 0.368. The monoisotopic (exact) mass is 310 g/mol. The summed E-state index contributed by atoms with van der Waals surface area (Å²) in [5, 5.41) is 6.70. The zero-order chi connectivity index (χ0) is 16.5. The van der Waals surface area contributed by atoms with Gasteiger partial charge in [0.1, 0.15) is 0 Å². The van der Waals surface area contributed by atoms with E-state index in [1.807, 2.05) is 18.2 Å². The summed E-state index contributed by atoms with van der Waals surface area (Å²) in [5.41, 5.74) is 3.61. The van der Waals surface area contributed by atoms with Gasteiger partial charge in [-0.25, -0.2) is 4.99 Å². The van der Waals surface area contributed by atoms with Crippen LogP contribution in [0.15, 0.2) is 53.7 Å². The van der Waals surface area contributed by atoms with Crippen LogP contribution in [0.2, 0.25) is 0 Å². The minimum absolute atomic E-state index is 0.425. The average Bonchev–Trinajstić information content (AvgIpc) is 2.58. The Morgan fingerprint density at radius 1 is 1.17 bits per heavy atom. The first-order valence-corrected chi connectivity index (χ1v) is 8.17. The smallest absolute Gasteiger partial charge is 0.191 e. The van der Waals surface area contributed by atoms with Crippen molar-refractivity contribution in [1.29, 1.82) is 0 Å². The maximum Gasteiger partial charge on any atom is 0.191 e. The van der Waals surface area contributed by atoms with E-state index in [1.54, 1.807) is 6.20 Å². The van der Waals surface area contributed by atoms with Crippen molar-refractivity contribution in [2.24, 2.45) is 4.99 Å². The number of hydrogen-bond donors (Lipinski definition) is 2. The third-order valence-electron chi connectivity index (χ3n) is 3.66. The second-order valence-corrected chi connectivity index (χ2v) is 5.71. The number of nitrogens with zero attached hydrogens (tertiary/aromatic N) is 2. The first kappa shape index (κ1) is 17.0. The van der Waals surface area contributed by atoms with Crippen molar-refractivity contribution in [2.75, 3.05) is 13.1 Å². The predicted octanol–water partition coefficient (Wildman–Crippen LogP) is 3.25. The van der Waals surface area contributed by atoms with Gasteiger partial charge < -0.3 is 10.6 Å². The Labute approximate surface area is 139 Å². The Hall–Kier alpha value is -2.36. The molecule has 0 saturated carbocycles. The number of benzene rings is 1. The van der Waals surface area contributed by atoms with E-state index < -0.39 is 0 Å². The van der Waals surface area contributed by atoms with Crippen molar-refractivity contribution in [3.8, 4) is 0 Å². The molecule has 2 aromatic rings. The summed E-state index contributed by atoms with van der Waals surface area (Å²) < 4.78 is 0. The van der Waals surface area contributed by atoms with Gasteiger partial charge in [0, 0.05) is 19.3 Å². The average molecular weight is 310 g/mol. The summed E-state index contributed by atoms with van der Waals surface area (Å²) in [6.07, 6.45) is 1.80. The van der Waals surface area contributed by atoms with Gasteiger partial charge in [-0.3, -0.25) is 4.98 Å². The first-order chi connectivity index (χ1) is 11.2. The molecule has 0 amide bonds. The summed E-state index contributed by atoms with van der Waals surface area (Å²) >= 11 is 0. The molecule has 0 aliphatic rings. The van der Waals surface area contributed by atoms with Gasteiger partial charge in [0.05, 0.1) is 12.2 Å². The van der Waals surface area contributed by atoms with E-state index in [9.17, 15) is 0 Å². The summed E-state index contributed by atoms with van der Waals surface area (Å²) in [7, 11) is 0. The molecule has 0 radical (unpaired) electrons. The van der Waals surface area contributed by atoms with Gasteiger partial charge >= 0.3 is 0 Å². The lowest BCUT2D eigenvalue weighted by Gasteiger charge is -2.16. The molecule has 4 nitrogen and oxygen atoms in total. The lowest BCUT2D eigenvalue weighted by atomic mass is 9.99. The molecule has 2 rings (SSSR count). The van der Waals surface area contributed by atoms with E-state index in [0.29, 0.717) is 12.5 Å². The Morgan fingerprint density at radius 2 is 2.04 bits per heavy atom. The molecular weight excluding hydrogens is 284 g/mol.